The van der Waals surface area contributed by atoms with Crippen molar-refractivity contribution < 1.29 is 9.47 Å². The van der Waals surface area contributed by atoms with Crippen LogP contribution in [0.5, 0.6) is 11.5 Å². The molecule has 0 bridgehead atoms. The number of anilines is 1. The topological polar surface area (TPSA) is 48.3 Å². The second kappa shape index (κ2) is 5.68. The van der Waals surface area contributed by atoms with E-state index in [1.165, 1.54) is 0 Å². The van der Waals surface area contributed by atoms with Gasteiger partial charge in [-0.1, -0.05) is 6.07 Å². The van der Waals surface area contributed by atoms with Crippen LogP contribution in [0.25, 0.3) is 0 Å². The van der Waals surface area contributed by atoms with E-state index in [2.05, 4.69) is 37.3 Å². The van der Waals surface area contributed by atoms with E-state index in [9.17, 15) is 0 Å². The van der Waals surface area contributed by atoms with E-state index in [-0.39, 0.29) is 6.04 Å². The van der Waals surface area contributed by atoms with Crippen molar-refractivity contribution in [3.63, 3.8) is 0 Å². The third-order valence-electron chi connectivity index (χ3n) is 3.58. The molecule has 1 aromatic carbocycles. The Kier molecular flexibility index (Phi) is 3.73. The largest absolute Gasteiger partial charge is 0.486 e. The molecule has 3 rings (SSSR count). The van der Waals surface area contributed by atoms with Gasteiger partial charge in [0.05, 0.1) is 11.9 Å². The van der Waals surface area contributed by atoms with Crippen molar-refractivity contribution in [1.82, 2.24) is 9.78 Å². The zero-order valence-corrected chi connectivity index (χ0v) is 12.7. The van der Waals surface area contributed by atoms with Gasteiger partial charge in [-0.15, -0.1) is 0 Å². The van der Waals surface area contributed by atoms with Gasteiger partial charge in [0.15, 0.2) is 11.5 Å². The second-order valence-electron chi connectivity index (χ2n) is 5.57. The smallest absolute Gasteiger partial charge is 0.161 e. The lowest BCUT2D eigenvalue weighted by Crippen LogP contribution is -2.16. The quantitative estimate of drug-likeness (QED) is 0.936. The maximum absolute atomic E-state index is 5.63. The molecular weight excluding hydrogens is 266 g/mol. The number of benzene rings is 1. The highest BCUT2D eigenvalue weighted by atomic mass is 16.6. The first-order chi connectivity index (χ1) is 10.1. The van der Waals surface area contributed by atoms with Crippen LogP contribution >= 0.6 is 0 Å². The van der Waals surface area contributed by atoms with E-state index < -0.39 is 0 Å². The molecule has 5 heteroatoms. The van der Waals surface area contributed by atoms with E-state index in [0.29, 0.717) is 19.3 Å². The van der Waals surface area contributed by atoms with Gasteiger partial charge in [0, 0.05) is 18.3 Å². The average molecular weight is 287 g/mol. The summed E-state index contributed by atoms with van der Waals surface area (Å²) in [5.74, 6) is 1.65. The van der Waals surface area contributed by atoms with Gasteiger partial charge < -0.3 is 14.8 Å². The van der Waals surface area contributed by atoms with Crippen molar-refractivity contribution in [2.45, 2.75) is 32.9 Å². The molecule has 1 aliphatic heterocycles. The van der Waals surface area contributed by atoms with Gasteiger partial charge >= 0.3 is 0 Å². The third-order valence-corrected chi connectivity index (χ3v) is 3.58. The highest BCUT2D eigenvalue weighted by Gasteiger charge is 2.15. The summed E-state index contributed by atoms with van der Waals surface area (Å²) in [5.41, 5.74) is 2.18. The molecule has 0 radical (unpaired) electrons. The van der Waals surface area contributed by atoms with E-state index >= 15 is 0 Å². The van der Waals surface area contributed by atoms with Gasteiger partial charge in [-0.25, -0.2) is 0 Å². The van der Waals surface area contributed by atoms with E-state index in [0.717, 1.165) is 22.7 Å². The molecule has 1 aliphatic rings. The summed E-state index contributed by atoms with van der Waals surface area (Å²) in [6.07, 6.45) is 3.88. The average Bonchev–Trinajstić information content (AvgIpc) is 2.95. The lowest BCUT2D eigenvalue weighted by atomic mass is 10.1. The highest BCUT2D eigenvalue weighted by molar-refractivity contribution is 5.47. The molecule has 5 nitrogen and oxygen atoms in total. The predicted octanol–water partition coefficient (Wildman–Crippen LogP) is 3.41. The van der Waals surface area contributed by atoms with Gasteiger partial charge in [0.2, 0.25) is 0 Å². The number of fused-ring (bicyclic) bond motifs is 1. The minimum atomic E-state index is 0.172. The molecular formula is C16H21N3O2. The second-order valence-corrected chi connectivity index (χ2v) is 5.57. The summed E-state index contributed by atoms with van der Waals surface area (Å²) in [4.78, 5) is 0. The van der Waals surface area contributed by atoms with Crippen LogP contribution in [-0.4, -0.2) is 23.0 Å². The molecule has 0 saturated heterocycles. The van der Waals surface area contributed by atoms with Crippen molar-refractivity contribution in [1.29, 1.82) is 0 Å². The summed E-state index contributed by atoms with van der Waals surface area (Å²) < 4.78 is 13.1. The number of ether oxygens (including phenoxy) is 2. The summed E-state index contributed by atoms with van der Waals surface area (Å²) in [6, 6.07) is 6.62. The van der Waals surface area contributed by atoms with Gasteiger partial charge in [0.1, 0.15) is 13.2 Å². The van der Waals surface area contributed by atoms with Crippen LogP contribution in [0, 0.1) is 0 Å². The van der Waals surface area contributed by atoms with Gasteiger partial charge in [0.25, 0.3) is 0 Å². The van der Waals surface area contributed by atoms with Crippen LogP contribution < -0.4 is 14.8 Å². The lowest BCUT2D eigenvalue weighted by Gasteiger charge is -2.21. The monoisotopic (exact) mass is 287 g/mol. The van der Waals surface area contributed by atoms with Crippen molar-refractivity contribution in [2.24, 2.45) is 0 Å². The van der Waals surface area contributed by atoms with E-state index in [1.54, 1.807) is 0 Å². The molecule has 1 aromatic heterocycles. The number of nitrogens with zero attached hydrogens (tertiary/aromatic N) is 2. The van der Waals surface area contributed by atoms with Gasteiger partial charge in [-0.05, 0) is 38.5 Å². The molecule has 112 valence electrons. The van der Waals surface area contributed by atoms with Crippen LogP contribution in [0.3, 0.4) is 0 Å². The van der Waals surface area contributed by atoms with E-state index in [1.807, 2.05) is 29.2 Å². The van der Waals surface area contributed by atoms with Crippen LogP contribution in [0.2, 0.25) is 0 Å². The first kappa shape index (κ1) is 13.8. The Hall–Kier alpha value is -2.17. The Bertz CT molecular complexity index is 622. The summed E-state index contributed by atoms with van der Waals surface area (Å²) in [6.45, 7) is 7.58. The molecule has 21 heavy (non-hydrogen) atoms. The Morgan fingerprint density at radius 2 is 1.90 bits per heavy atom. The molecule has 2 aromatic rings. The Morgan fingerprint density at radius 1 is 1.14 bits per heavy atom. The third kappa shape index (κ3) is 2.96. The minimum Gasteiger partial charge on any atom is -0.486 e. The van der Waals surface area contributed by atoms with Crippen LogP contribution in [-0.2, 0) is 0 Å². The molecule has 1 unspecified atom stereocenters. The number of aromatic nitrogens is 2. The number of nitrogens with one attached hydrogen (secondary N) is 1. The van der Waals surface area contributed by atoms with Crippen molar-refractivity contribution in [3.05, 3.63) is 36.2 Å². The fourth-order valence-corrected chi connectivity index (χ4v) is 2.36. The molecule has 1 atom stereocenters. The Morgan fingerprint density at radius 3 is 2.62 bits per heavy atom. The molecule has 0 amide bonds. The first-order valence-corrected chi connectivity index (χ1v) is 7.33. The van der Waals surface area contributed by atoms with Crippen LogP contribution in [0.1, 0.15) is 38.4 Å². The van der Waals surface area contributed by atoms with Crippen LogP contribution in [0.15, 0.2) is 30.6 Å². The molecule has 0 saturated carbocycles. The summed E-state index contributed by atoms with van der Waals surface area (Å²) in [7, 11) is 0. The standard InChI is InChI=1S/C16H21N3O2/c1-11(2)19-10-14(9-17-19)18-12(3)13-4-5-15-16(8-13)21-7-6-20-15/h4-5,8-12,18H,6-7H2,1-3H3. The Balaban J connectivity index is 1.73. The number of rotatable bonds is 4. The van der Waals surface area contributed by atoms with Crippen molar-refractivity contribution >= 4 is 5.69 Å². The molecule has 0 spiro atoms. The zero-order valence-electron chi connectivity index (χ0n) is 12.7. The highest BCUT2D eigenvalue weighted by Crippen LogP contribution is 2.33. The number of hydrogen-bond donors (Lipinski definition) is 1. The zero-order chi connectivity index (χ0) is 14.8. The summed E-state index contributed by atoms with van der Waals surface area (Å²) >= 11 is 0. The van der Waals surface area contributed by atoms with Gasteiger partial charge in [-0.2, -0.15) is 5.10 Å². The van der Waals surface area contributed by atoms with Crippen molar-refractivity contribution in [3.8, 4) is 11.5 Å². The van der Waals surface area contributed by atoms with E-state index in [4.69, 9.17) is 9.47 Å². The normalized spacial score (nSPS) is 15.0. The first-order valence-electron chi connectivity index (χ1n) is 7.33. The maximum Gasteiger partial charge on any atom is 0.161 e. The lowest BCUT2D eigenvalue weighted by molar-refractivity contribution is 0.171. The Labute approximate surface area is 124 Å². The molecule has 0 fully saturated rings. The molecule has 1 N–H and O–H groups in total. The minimum absolute atomic E-state index is 0.172. The molecule has 2 heterocycles. The SMILES string of the molecule is CC(Nc1cnn(C(C)C)c1)c1ccc2c(c1)OCCO2. The van der Waals surface area contributed by atoms with Crippen molar-refractivity contribution in [2.75, 3.05) is 18.5 Å². The van der Waals surface area contributed by atoms with Gasteiger partial charge in [-0.3, -0.25) is 4.68 Å². The fourth-order valence-electron chi connectivity index (χ4n) is 2.36. The molecule has 0 aliphatic carbocycles. The fraction of sp³-hybridized carbons (Fsp3) is 0.438. The number of hydrogen-bond acceptors (Lipinski definition) is 4. The predicted molar refractivity (Wildman–Crippen MR) is 82.1 cm³/mol. The van der Waals surface area contributed by atoms with Crippen LogP contribution in [0.4, 0.5) is 5.69 Å². The summed E-state index contributed by atoms with van der Waals surface area (Å²) in [5, 5.41) is 7.80. The maximum atomic E-state index is 5.63.